The van der Waals surface area contributed by atoms with E-state index in [-0.39, 0.29) is 18.2 Å². The maximum atomic E-state index is 13.1. The molecule has 1 fully saturated rings. The summed E-state index contributed by atoms with van der Waals surface area (Å²) in [6.45, 7) is 2.45. The number of nitrogens with zero attached hydrogens (tertiary/aromatic N) is 2. The van der Waals surface area contributed by atoms with E-state index in [1.165, 1.54) is 11.8 Å². The van der Waals surface area contributed by atoms with Crippen molar-refractivity contribution in [3.63, 3.8) is 0 Å². The number of aliphatic imine (C=N–C) groups is 1. The summed E-state index contributed by atoms with van der Waals surface area (Å²) in [5.74, 6) is -0.324. The minimum absolute atomic E-state index is 0.116. The monoisotopic (exact) mass is 477 g/mol. The van der Waals surface area contributed by atoms with Gasteiger partial charge in [-0.1, -0.05) is 71.9 Å². The van der Waals surface area contributed by atoms with E-state index in [0.717, 1.165) is 11.1 Å². The third-order valence-corrected chi connectivity index (χ3v) is 6.64. The van der Waals surface area contributed by atoms with Crippen molar-refractivity contribution < 1.29 is 9.59 Å². The lowest BCUT2D eigenvalue weighted by Gasteiger charge is -2.32. The highest BCUT2D eigenvalue weighted by atomic mass is 35.5. The van der Waals surface area contributed by atoms with Crippen molar-refractivity contribution in [2.45, 2.75) is 25.0 Å². The summed E-state index contributed by atoms with van der Waals surface area (Å²) >= 11 is 7.44. The van der Waals surface area contributed by atoms with Crippen LogP contribution >= 0.6 is 23.4 Å². The molecule has 2 amide bonds. The maximum absolute atomic E-state index is 13.1. The number of carbonyl (C=O) groups is 2. The van der Waals surface area contributed by atoms with Gasteiger partial charge >= 0.3 is 0 Å². The van der Waals surface area contributed by atoms with Crippen molar-refractivity contribution in [3.05, 3.63) is 95.0 Å². The summed E-state index contributed by atoms with van der Waals surface area (Å²) in [5.41, 5.74) is 3.54. The Morgan fingerprint density at radius 2 is 1.88 bits per heavy atom. The van der Waals surface area contributed by atoms with Gasteiger partial charge in [-0.3, -0.25) is 14.5 Å². The molecular formula is C26H24ClN3O2S. The Morgan fingerprint density at radius 3 is 2.64 bits per heavy atom. The molecule has 0 bridgehead atoms. The highest BCUT2D eigenvalue weighted by Crippen LogP contribution is 2.31. The fraction of sp³-hybridized carbons (Fsp3) is 0.192. The molecule has 4 rings (SSSR count). The minimum atomic E-state index is -0.566. The van der Waals surface area contributed by atoms with Crippen LogP contribution in [0.3, 0.4) is 0 Å². The number of anilines is 1. The largest absolute Gasteiger partial charge is 0.325 e. The van der Waals surface area contributed by atoms with Crippen molar-refractivity contribution in [2.24, 2.45) is 4.99 Å². The van der Waals surface area contributed by atoms with E-state index < -0.39 is 5.25 Å². The first-order chi connectivity index (χ1) is 16.0. The number of rotatable bonds is 6. The average Bonchev–Trinajstić information content (AvgIpc) is 2.79. The first-order valence-corrected chi connectivity index (χ1v) is 12.0. The molecule has 0 spiro atoms. The SMILES string of the molecule is Cc1cccc(NC(=O)C2CC(=O)N(CCc3ccccc3)C(=Nc3cccc(Cl)c3)S2)c1. The minimum Gasteiger partial charge on any atom is -0.325 e. The number of benzene rings is 3. The predicted molar refractivity (Wildman–Crippen MR) is 136 cm³/mol. The van der Waals surface area contributed by atoms with Gasteiger partial charge < -0.3 is 5.32 Å². The van der Waals surface area contributed by atoms with Gasteiger partial charge in [-0.05, 0) is 54.8 Å². The number of aryl methyl sites for hydroxylation is 1. The lowest BCUT2D eigenvalue weighted by molar-refractivity contribution is -0.129. The van der Waals surface area contributed by atoms with Gasteiger partial charge in [-0.25, -0.2) is 4.99 Å². The zero-order valence-electron chi connectivity index (χ0n) is 18.2. The summed E-state index contributed by atoms with van der Waals surface area (Å²) in [7, 11) is 0. The van der Waals surface area contributed by atoms with E-state index in [9.17, 15) is 9.59 Å². The van der Waals surface area contributed by atoms with Gasteiger partial charge in [0.15, 0.2) is 5.17 Å². The summed E-state index contributed by atoms with van der Waals surface area (Å²) in [5, 5.41) is 3.44. The number of halogens is 1. The van der Waals surface area contributed by atoms with Gasteiger partial charge in [-0.15, -0.1) is 0 Å². The van der Waals surface area contributed by atoms with Crippen LogP contribution in [-0.2, 0) is 16.0 Å². The van der Waals surface area contributed by atoms with Crippen LogP contribution < -0.4 is 5.32 Å². The molecule has 3 aromatic rings. The fourth-order valence-electron chi connectivity index (χ4n) is 3.55. The molecule has 1 unspecified atom stereocenters. The second-order valence-corrected chi connectivity index (χ2v) is 9.43. The molecule has 1 aliphatic heterocycles. The van der Waals surface area contributed by atoms with Gasteiger partial charge in [0, 0.05) is 23.7 Å². The molecule has 7 heteroatoms. The van der Waals surface area contributed by atoms with E-state index >= 15 is 0 Å². The van der Waals surface area contributed by atoms with Crippen molar-refractivity contribution in [1.82, 2.24) is 4.90 Å². The Hall–Kier alpha value is -3.09. The van der Waals surface area contributed by atoms with Crippen molar-refractivity contribution in [1.29, 1.82) is 0 Å². The first kappa shape index (κ1) is 23.1. The number of hydrogen-bond acceptors (Lipinski definition) is 4. The van der Waals surface area contributed by atoms with E-state index in [4.69, 9.17) is 16.6 Å². The van der Waals surface area contributed by atoms with Crippen molar-refractivity contribution >= 4 is 51.7 Å². The molecule has 1 aliphatic rings. The Morgan fingerprint density at radius 1 is 1.09 bits per heavy atom. The molecule has 1 N–H and O–H groups in total. The van der Waals surface area contributed by atoms with Crippen LogP contribution in [-0.4, -0.2) is 33.7 Å². The van der Waals surface area contributed by atoms with Crippen molar-refractivity contribution in [3.8, 4) is 0 Å². The molecule has 0 aromatic heterocycles. The fourth-order valence-corrected chi connectivity index (χ4v) is 4.86. The molecule has 0 aliphatic carbocycles. The van der Waals surface area contributed by atoms with Gasteiger partial charge in [0.1, 0.15) is 5.25 Å². The molecule has 1 atom stereocenters. The highest BCUT2D eigenvalue weighted by Gasteiger charge is 2.35. The second kappa shape index (κ2) is 10.7. The van der Waals surface area contributed by atoms with Crippen LogP contribution in [0.25, 0.3) is 0 Å². The van der Waals surface area contributed by atoms with E-state index in [0.29, 0.717) is 34.5 Å². The number of amides is 2. The quantitative estimate of drug-likeness (QED) is 0.484. The third-order valence-electron chi connectivity index (χ3n) is 5.22. The topological polar surface area (TPSA) is 61.8 Å². The Bertz CT molecular complexity index is 1180. The molecule has 5 nitrogen and oxygen atoms in total. The highest BCUT2D eigenvalue weighted by molar-refractivity contribution is 8.15. The zero-order chi connectivity index (χ0) is 23.2. The maximum Gasteiger partial charge on any atom is 0.238 e. The van der Waals surface area contributed by atoms with E-state index in [1.54, 1.807) is 17.0 Å². The Labute approximate surface area is 202 Å². The molecule has 33 heavy (non-hydrogen) atoms. The molecule has 1 saturated heterocycles. The van der Waals surface area contributed by atoms with Crippen LogP contribution in [0.4, 0.5) is 11.4 Å². The van der Waals surface area contributed by atoms with E-state index in [2.05, 4.69) is 5.32 Å². The Kier molecular flexibility index (Phi) is 7.47. The average molecular weight is 478 g/mol. The van der Waals surface area contributed by atoms with Crippen molar-refractivity contribution in [2.75, 3.05) is 11.9 Å². The lowest BCUT2D eigenvalue weighted by atomic mass is 10.1. The van der Waals surface area contributed by atoms with Crippen LogP contribution in [0.5, 0.6) is 0 Å². The molecule has 0 saturated carbocycles. The smallest absolute Gasteiger partial charge is 0.238 e. The molecule has 1 heterocycles. The standard InChI is InChI=1S/C26H24ClN3O2S/c1-18-7-5-11-21(15-18)28-25(32)23-17-24(31)30(14-13-19-8-3-2-4-9-19)26(33-23)29-22-12-6-10-20(27)16-22/h2-12,15-16,23H,13-14,17H2,1H3,(H,28,32). The second-order valence-electron chi connectivity index (χ2n) is 7.82. The molecule has 3 aromatic carbocycles. The summed E-state index contributed by atoms with van der Waals surface area (Å²) in [4.78, 5) is 32.5. The third kappa shape index (κ3) is 6.24. The zero-order valence-corrected chi connectivity index (χ0v) is 19.8. The molecule has 168 valence electrons. The Balaban J connectivity index is 1.56. The summed E-state index contributed by atoms with van der Waals surface area (Å²) in [6, 6.07) is 24.8. The van der Waals surface area contributed by atoms with Gasteiger partial charge in [0.05, 0.1) is 5.69 Å². The number of nitrogens with one attached hydrogen (secondary N) is 1. The van der Waals surface area contributed by atoms with Gasteiger partial charge in [0.25, 0.3) is 0 Å². The molecule has 0 radical (unpaired) electrons. The van der Waals surface area contributed by atoms with E-state index in [1.807, 2.05) is 73.7 Å². The summed E-state index contributed by atoms with van der Waals surface area (Å²) < 4.78 is 0. The number of carbonyl (C=O) groups excluding carboxylic acids is 2. The number of amidine groups is 1. The first-order valence-electron chi connectivity index (χ1n) is 10.7. The predicted octanol–water partition coefficient (Wildman–Crippen LogP) is 5.85. The normalized spacial score (nSPS) is 17.3. The van der Waals surface area contributed by atoms with Gasteiger partial charge in [-0.2, -0.15) is 0 Å². The summed E-state index contributed by atoms with van der Waals surface area (Å²) in [6.07, 6.45) is 0.813. The molecular weight excluding hydrogens is 454 g/mol. The van der Waals surface area contributed by atoms with Crippen LogP contribution in [0.2, 0.25) is 5.02 Å². The van der Waals surface area contributed by atoms with Crippen LogP contribution in [0.1, 0.15) is 17.5 Å². The number of hydrogen-bond donors (Lipinski definition) is 1. The van der Waals surface area contributed by atoms with Crippen LogP contribution in [0.15, 0.2) is 83.9 Å². The number of thioether (sulfide) groups is 1. The van der Waals surface area contributed by atoms with Gasteiger partial charge in [0.2, 0.25) is 11.8 Å². The van der Waals surface area contributed by atoms with Crippen LogP contribution in [0, 0.1) is 6.92 Å². The lowest BCUT2D eigenvalue weighted by Crippen LogP contribution is -2.46.